The zero-order chi connectivity index (χ0) is 36.6. The second kappa shape index (κ2) is 14.0. The molecule has 1 heterocycles. The topological polar surface area (TPSA) is 16.4 Å². The van der Waals surface area contributed by atoms with Gasteiger partial charge in [-0.25, -0.2) is 0 Å². The van der Waals surface area contributed by atoms with Crippen LogP contribution in [0.25, 0.3) is 66.1 Å². The van der Waals surface area contributed by atoms with Crippen LogP contribution in [0.3, 0.4) is 0 Å². The SMILES string of the molecule is C1=CC=C(c2cccc3oc4c5ccccc5c(N(c5ccc(-c6ccccc6)cc5)c5ccc(-c6ccccc6)cc5)cc4c23)CC(c2ccccc2)=C1. The Balaban J connectivity index is 1.18. The molecule has 0 unspecified atom stereocenters. The molecule has 2 nitrogen and oxygen atoms in total. The molecular formula is C53H37NO. The third kappa shape index (κ3) is 6.04. The maximum Gasteiger partial charge on any atom is 0.143 e. The Morgan fingerprint density at radius 1 is 0.400 bits per heavy atom. The fourth-order valence-corrected chi connectivity index (χ4v) is 8.08. The van der Waals surface area contributed by atoms with Gasteiger partial charge in [0.1, 0.15) is 11.2 Å². The maximum absolute atomic E-state index is 6.84. The number of nitrogens with zero attached hydrogens (tertiary/aromatic N) is 1. The van der Waals surface area contributed by atoms with Gasteiger partial charge in [-0.1, -0.05) is 176 Å². The quantitative estimate of drug-likeness (QED) is 0.164. The summed E-state index contributed by atoms with van der Waals surface area (Å²) in [6.07, 6.45) is 9.63. The number of hydrogen-bond donors (Lipinski definition) is 0. The highest BCUT2D eigenvalue weighted by Crippen LogP contribution is 2.47. The highest BCUT2D eigenvalue weighted by Gasteiger charge is 2.23. The van der Waals surface area contributed by atoms with E-state index >= 15 is 0 Å². The van der Waals surface area contributed by atoms with E-state index in [4.69, 9.17) is 4.42 Å². The highest BCUT2D eigenvalue weighted by molar-refractivity contribution is 6.21. The fraction of sp³-hybridized carbons (Fsp3) is 0.0189. The molecule has 0 N–H and O–H groups in total. The average Bonchev–Trinajstić information content (AvgIpc) is 3.46. The molecule has 0 spiro atoms. The van der Waals surface area contributed by atoms with E-state index in [9.17, 15) is 0 Å². The van der Waals surface area contributed by atoms with Gasteiger partial charge in [0.05, 0.1) is 5.69 Å². The predicted molar refractivity (Wildman–Crippen MR) is 233 cm³/mol. The molecule has 0 atom stereocenters. The van der Waals surface area contributed by atoms with Gasteiger partial charge in [0.25, 0.3) is 0 Å². The number of rotatable bonds is 7. The van der Waals surface area contributed by atoms with E-state index in [2.05, 4.69) is 217 Å². The summed E-state index contributed by atoms with van der Waals surface area (Å²) in [5.74, 6) is 0. The van der Waals surface area contributed by atoms with Crippen molar-refractivity contribution in [2.75, 3.05) is 4.90 Å². The van der Waals surface area contributed by atoms with Crippen LogP contribution in [-0.2, 0) is 0 Å². The van der Waals surface area contributed by atoms with E-state index < -0.39 is 0 Å². The lowest BCUT2D eigenvalue weighted by Crippen LogP contribution is -2.10. The number of allylic oxidation sites excluding steroid dienone is 6. The molecule has 1 aromatic heterocycles. The van der Waals surface area contributed by atoms with E-state index in [0.29, 0.717) is 0 Å². The molecule has 55 heavy (non-hydrogen) atoms. The van der Waals surface area contributed by atoms with Crippen molar-refractivity contribution in [3.63, 3.8) is 0 Å². The summed E-state index contributed by atoms with van der Waals surface area (Å²) >= 11 is 0. The van der Waals surface area contributed by atoms with Crippen LogP contribution in [0.1, 0.15) is 17.5 Å². The largest absolute Gasteiger partial charge is 0.455 e. The molecule has 10 rings (SSSR count). The number of furan rings is 1. The van der Waals surface area contributed by atoms with Crippen LogP contribution in [0.4, 0.5) is 17.1 Å². The van der Waals surface area contributed by atoms with Crippen molar-refractivity contribution >= 4 is 60.9 Å². The van der Waals surface area contributed by atoms with Gasteiger partial charge in [0.15, 0.2) is 0 Å². The van der Waals surface area contributed by atoms with Crippen LogP contribution < -0.4 is 4.90 Å². The Labute approximate surface area is 321 Å². The first kappa shape index (κ1) is 32.5. The van der Waals surface area contributed by atoms with E-state index in [1.807, 2.05) is 0 Å². The van der Waals surface area contributed by atoms with Crippen LogP contribution >= 0.6 is 0 Å². The van der Waals surface area contributed by atoms with E-state index in [-0.39, 0.29) is 0 Å². The Hall–Kier alpha value is -7.16. The van der Waals surface area contributed by atoms with Gasteiger partial charge in [-0.05, 0) is 87.3 Å². The molecule has 0 bridgehead atoms. The number of benzene rings is 8. The number of hydrogen-bond acceptors (Lipinski definition) is 2. The smallest absolute Gasteiger partial charge is 0.143 e. The molecule has 1 aliphatic carbocycles. The zero-order valence-electron chi connectivity index (χ0n) is 30.3. The molecule has 1 aliphatic rings. The van der Waals surface area contributed by atoms with Crippen molar-refractivity contribution < 1.29 is 4.42 Å². The third-order valence-electron chi connectivity index (χ3n) is 10.8. The lowest BCUT2D eigenvalue weighted by molar-refractivity contribution is 0.672. The van der Waals surface area contributed by atoms with Crippen molar-refractivity contribution in [2.45, 2.75) is 6.42 Å². The molecule has 8 aromatic carbocycles. The molecule has 0 saturated heterocycles. The summed E-state index contributed by atoms with van der Waals surface area (Å²) < 4.78 is 6.84. The number of fused-ring (bicyclic) bond motifs is 5. The maximum atomic E-state index is 6.84. The van der Waals surface area contributed by atoms with Crippen molar-refractivity contribution in [2.24, 2.45) is 0 Å². The highest BCUT2D eigenvalue weighted by atomic mass is 16.3. The lowest BCUT2D eigenvalue weighted by atomic mass is 9.91. The summed E-state index contributed by atoms with van der Waals surface area (Å²) in [7, 11) is 0. The van der Waals surface area contributed by atoms with E-state index in [1.165, 1.54) is 44.5 Å². The standard InChI is InChI=1S/C53H37NO/c1-4-15-37(16-5-1)40-27-31-44(32-28-40)54(45-33-29-41(30-34-45)38-17-6-2-7-18-38)50-36-49-52-46(43-22-11-10-21-42(35-43)39-19-8-3-9-20-39)25-14-26-51(52)55-53(49)48-24-13-12-23-47(48)50/h1-34,36H,35H2. The monoisotopic (exact) mass is 703 g/mol. The molecule has 260 valence electrons. The summed E-state index contributed by atoms with van der Waals surface area (Å²) in [5.41, 5.74) is 14.8. The van der Waals surface area contributed by atoms with Gasteiger partial charge in [0.2, 0.25) is 0 Å². The third-order valence-corrected chi connectivity index (χ3v) is 10.8. The van der Waals surface area contributed by atoms with Gasteiger partial charge in [-0.15, -0.1) is 0 Å². The second-order valence-corrected chi connectivity index (χ2v) is 14.1. The van der Waals surface area contributed by atoms with Crippen LogP contribution in [0.15, 0.2) is 217 Å². The van der Waals surface area contributed by atoms with Crippen LogP contribution in [0.5, 0.6) is 0 Å². The minimum Gasteiger partial charge on any atom is -0.455 e. The van der Waals surface area contributed by atoms with Crippen molar-refractivity contribution in [3.05, 3.63) is 223 Å². The molecule has 2 heteroatoms. The average molecular weight is 704 g/mol. The summed E-state index contributed by atoms with van der Waals surface area (Å²) in [4.78, 5) is 2.40. The van der Waals surface area contributed by atoms with Crippen molar-refractivity contribution in [1.82, 2.24) is 0 Å². The van der Waals surface area contributed by atoms with Crippen LogP contribution in [0.2, 0.25) is 0 Å². The zero-order valence-corrected chi connectivity index (χ0v) is 30.3. The predicted octanol–water partition coefficient (Wildman–Crippen LogP) is 15.0. The van der Waals surface area contributed by atoms with Gasteiger partial charge in [-0.2, -0.15) is 0 Å². The second-order valence-electron chi connectivity index (χ2n) is 14.1. The number of anilines is 3. The fourth-order valence-electron chi connectivity index (χ4n) is 8.08. The Morgan fingerprint density at radius 2 is 0.909 bits per heavy atom. The molecule has 0 saturated carbocycles. The minimum atomic E-state index is 0.816. The lowest BCUT2D eigenvalue weighted by Gasteiger charge is -2.27. The van der Waals surface area contributed by atoms with Gasteiger partial charge in [-0.3, -0.25) is 0 Å². The molecule has 0 fully saturated rings. The van der Waals surface area contributed by atoms with Crippen molar-refractivity contribution in [1.29, 1.82) is 0 Å². The summed E-state index contributed by atoms with van der Waals surface area (Å²) in [5, 5.41) is 4.45. The van der Waals surface area contributed by atoms with Gasteiger partial charge >= 0.3 is 0 Å². The molecule has 9 aromatic rings. The Morgan fingerprint density at radius 3 is 1.51 bits per heavy atom. The molecular weight excluding hydrogens is 667 g/mol. The van der Waals surface area contributed by atoms with Crippen LogP contribution in [0, 0.1) is 0 Å². The van der Waals surface area contributed by atoms with E-state index in [0.717, 1.165) is 56.2 Å². The first-order valence-electron chi connectivity index (χ1n) is 18.9. The summed E-state index contributed by atoms with van der Waals surface area (Å²) in [6.45, 7) is 0. The Bertz CT molecular complexity index is 2810. The molecule has 0 aliphatic heterocycles. The van der Waals surface area contributed by atoms with E-state index in [1.54, 1.807) is 0 Å². The molecule has 0 amide bonds. The van der Waals surface area contributed by atoms with Crippen molar-refractivity contribution in [3.8, 4) is 22.3 Å². The minimum absolute atomic E-state index is 0.816. The van der Waals surface area contributed by atoms with Gasteiger partial charge < -0.3 is 9.32 Å². The molecule has 0 radical (unpaired) electrons. The Kier molecular flexibility index (Phi) is 8.27. The normalized spacial score (nSPS) is 12.8. The summed E-state index contributed by atoms with van der Waals surface area (Å²) in [6, 6.07) is 67.2. The van der Waals surface area contributed by atoms with Crippen LogP contribution in [-0.4, -0.2) is 0 Å². The first-order chi connectivity index (χ1) is 27.3. The first-order valence-corrected chi connectivity index (χ1v) is 18.9. The van der Waals surface area contributed by atoms with Gasteiger partial charge in [0, 0.05) is 32.9 Å².